The molecule has 0 amide bonds. The maximum atomic E-state index is 13.5. The van der Waals surface area contributed by atoms with E-state index in [9.17, 15) is 26.0 Å². The number of alkyl halides is 3. The van der Waals surface area contributed by atoms with Gasteiger partial charge < -0.3 is 5.73 Å². The molecular formula is C11H14F4N2O2S. The van der Waals surface area contributed by atoms with E-state index in [1.165, 1.54) is 6.07 Å². The monoisotopic (exact) mass is 314 g/mol. The number of nitrogens with zero attached hydrogens (tertiary/aromatic N) is 1. The molecule has 0 saturated heterocycles. The number of benzene rings is 1. The average Bonchev–Trinajstić information content (AvgIpc) is 2.34. The smallest absolute Gasteiger partial charge is 0.326 e. The van der Waals surface area contributed by atoms with E-state index < -0.39 is 39.9 Å². The van der Waals surface area contributed by atoms with Crippen molar-refractivity contribution in [2.75, 3.05) is 13.6 Å². The van der Waals surface area contributed by atoms with Crippen molar-refractivity contribution in [3.05, 3.63) is 29.6 Å². The van der Waals surface area contributed by atoms with Crippen LogP contribution in [0, 0.1) is 5.82 Å². The number of hydrogen-bond donors (Lipinski definition) is 1. The highest BCUT2D eigenvalue weighted by Gasteiger charge is 2.31. The summed E-state index contributed by atoms with van der Waals surface area (Å²) in [5.74, 6) is -0.808. The topological polar surface area (TPSA) is 63.4 Å². The number of nitrogens with two attached hydrogens (primary N) is 1. The van der Waals surface area contributed by atoms with Crippen LogP contribution in [0.2, 0.25) is 0 Å². The summed E-state index contributed by atoms with van der Waals surface area (Å²) in [4.78, 5) is -0.412. The molecule has 0 unspecified atom stereocenters. The van der Waals surface area contributed by atoms with Crippen molar-refractivity contribution in [1.82, 2.24) is 4.31 Å². The van der Waals surface area contributed by atoms with Gasteiger partial charge in [0.05, 0.1) is 11.3 Å². The molecule has 1 aromatic carbocycles. The van der Waals surface area contributed by atoms with Gasteiger partial charge >= 0.3 is 6.18 Å². The Hall–Kier alpha value is -1.19. The van der Waals surface area contributed by atoms with Crippen molar-refractivity contribution in [3.8, 4) is 0 Å². The summed E-state index contributed by atoms with van der Waals surface area (Å²) >= 11 is 0. The molecular weight excluding hydrogens is 300 g/mol. The van der Waals surface area contributed by atoms with E-state index in [4.69, 9.17) is 5.73 Å². The van der Waals surface area contributed by atoms with Gasteiger partial charge in [-0.1, -0.05) is 6.07 Å². The van der Waals surface area contributed by atoms with E-state index in [2.05, 4.69) is 0 Å². The summed E-state index contributed by atoms with van der Waals surface area (Å²) in [5, 5.41) is 0. The molecule has 0 fully saturated rings. The first-order valence-electron chi connectivity index (χ1n) is 5.60. The third-order valence-corrected chi connectivity index (χ3v) is 4.62. The maximum absolute atomic E-state index is 13.5. The van der Waals surface area contributed by atoms with Crippen molar-refractivity contribution >= 4 is 10.0 Å². The molecule has 0 radical (unpaired) electrons. The van der Waals surface area contributed by atoms with Gasteiger partial charge in [0, 0.05) is 25.7 Å². The van der Waals surface area contributed by atoms with Crippen LogP contribution in [0.4, 0.5) is 17.6 Å². The highest BCUT2D eigenvalue weighted by Crippen LogP contribution is 2.24. The van der Waals surface area contributed by atoms with Crippen LogP contribution < -0.4 is 5.73 Å². The Labute approximate surface area is 114 Å². The van der Waals surface area contributed by atoms with Gasteiger partial charge in [0.15, 0.2) is 0 Å². The second-order valence-electron chi connectivity index (χ2n) is 4.11. The molecule has 20 heavy (non-hydrogen) atoms. The summed E-state index contributed by atoms with van der Waals surface area (Å²) in [5.41, 5.74) is 5.04. The molecule has 0 aromatic heterocycles. The molecule has 9 heteroatoms. The fraction of sp³-hybridized carbons (Fsp3) is 0.455. The first-order chi connectivity index (χ1) is 9.09. The van der Waals surface area contributed by atoms with Crippen LogP contribution in [0.5, 0.6) is 0 Å². The molecule has 0 bridgehead atoms. The molecule has 0 aliphatic rings. The molecule has 4 nitrogen and oxygen atoms in total. The second kappa shape index (κ2) is 6.06. The van der Waals surface area contributed by atoms with Crippen LogP contribution in [-0.2, 0) is 16.6 Å². The van der Waals surface area contributed by atoms with Gasteiger partial charge in [0.25, 0.3) is 0 Å². The van der Waals surface area contributed by atoms with Crippen LogP contribution in [0.3, 0.4) is 0 Å². The summed E-state index contributed by atoms with van der Waals surface area (Å²) in [6.45, 7) is -1.11. The van der Waals surface area contributed by atoms with Crippen molar-refractivity contribution in [2.45, 2.75) is 24.0 Å². The van der Waals surface area contributed by atoms with Gasteiger partial charge in [0.2, 0.25) is 10.0 Å². The first kappa shape index (κ1) is 16.9. The molecule has 1 rings (SSSR count). The fourth-order valence-corrected chi connectivity index (χ4v) is 2.96. The first-order valence-corrected chi connectivity index (χ1v) is 7.04. The minimum Gasteiger partial charge on any atom is -0.326 e. The van der Waals surface area contributed by atoms with Crippen LogP contribution >= 0.6 is 0 Å². The third kappa shape index (κ3) is 3.90. The minimum absolute atomic E-state index is 0.244. The van der Waals surface area contributed by atoms with Crippen molar-refractivity contribution in [2.24, 2.45) is 5.73 Å². The predicted octanol–water partition coefficient (Wildman–Crippen LogP) is 1.86. The third-order valence-electron chi connectivity index (χ3n) is 2.68. The van der Waals surface area contributed by atoms with Crippen molar-refractivity contribution in [3.63, 3.8) is 0 Å². The van der Waals surface area contributed by atoms with Gasteiger partial charge in [0.1, 0.15) is 5.82 Å². The average molecular weight is 314 g/mol. The number of sulfonamides is 1. The molecule has 0 aliphatic heterocycles. The largest absolute Gasteiger partial charge is 0.390 e. The van der Waals surface area contributed by atoms with Crippen LogP contribution in [0.15, 0.2) is 23.1 Å². The molecule has 0 heterocycles. The van der Waals surface area contributed by atoms with E-state index in [1.54, 1.807) is 0 Å². The summed E-state index contributed by atoms with van der Waals surface area (Å²) < 4.78 is 74.6. The Morgan fingerprint density at radius 3 is 2.40 bits per heavy atom. The van der Waals surface area contributed by atoms with E-state index in [-0.39, 0.29) is 12.1 Å². The van der Waals surface area contributed by atoms with Gasteiger partial charge in [-0.3, -0.25) is 0 Å². The van der Waals surface area contributed by atoms with Gasteiger partial charge in [-0.25, -0.2) is 17.1 Å². The standard InChI is InChI=1S/C11H14F4N2O2S/c1-17(6-5-11(13,14)15)20(18,19)10-4-2-3-9(12)8(10)7-16/h2-4H,5-7,16H2,1H3. The molecule has 2 N–H and O–H groups in total. The van der Waals surface area contributed by atoms with Gasteiger partial charge in [-0.05, 0) is 12.1 Å². The lowest BCUT2D eigenvalue weighted by molar-refractivity contribution is -0.135. The van der Waals surface area contributed by atoms with Crippen LogP contribution in [0.25, 0.3) is 0 Å². The Balaban J connectivity index is 3.08. The zero-order chi connectivity index (χ0) is 15.6. The Morgan fingerprint density at radius 2 is 1.90 bits per heavy atom. The zero-order valence-electron chi connectivity index (χ0n) is 10.6. The second-order valence-corrected chi connectivity index (χ2v) is 6.13. The predicted molar refractivity (Wildman–Crippen MR) is 64.8 cm³/mol. The number of halogens is 4. The van der Waals surface area contributed by atoms with E-state index in [1.807, 2.05) is 0 Å². The van der Waals surface area contributed by atoms with E-state index in [0.717, 1.165) is 19.2 Å². The van der Waals surface area contributed by atoms with Gasteiger partial charge in [-0.2, -0.15) is 13.2 Å². The summed E-state index contributed by atoms with van der Waals surface area (Å²) in [6.07, 6.45) is -5.75. The number of rotatable bonds is 5. The van der Waals surface area contributed by atoms with E-state index in [0.29, 0.717) is 4.31 Å². The molecule has 0 aliphatic carbocycles. The molecule has 0 atom stereocenters. The Kier molecular flexibility index (Phi) is 5.11. The van der Waals surface area contributed by atoms with Crippen LogP contribution in [0.1, 0.15) is 12.0 Å². The fourth-order valence-electron chi connectivity index (χ4n) is 1.55. The minimum atomic E-state index is -4.47. The molecule has 1 aromatic rings. The van der Waals surface area contributed by atoms with Crippen LogP contribution in [-0.4, -0.2) is 32.5 Å². The quantitative estimate of drug-likeness (QED) is 0.844. The molecule has 114 valence electrons. The molecule has 0 saturated carbocycles. The van der Waals surface area contributed by atoms with E-state index >= 15 is 0 Å². The van der Waals surface area contributed by atoms with Crippen molar-refractivity contribution in [1.29, 1.82) is 0 Å². The number of hydrogen-bond acceptors (Lipinski definition) is 3. The lowest BCUT2D eigenvalue weighted by Gasteiger charge is -2.19. The highest BCUT2D eigenvalue weighted by molar-refractivity contribution is 7.89. The van der Waals surface area contributed by atoms with Gasteiger partial charge in [-0.15, -0.1) is 0 Å². The molecule has 0 spiro atoms. The maximum Gasteiger partial charge on any atom is 0.390 e. The highest BCUT2D eigenvalue weighted by atomic mass is 32.2. The normalized spacial score (nSPS) is 12.9. The van der Waals surface area contributed by atoms with Crippen molar-refractivity contribution < 1.29 is 26.0 Å². The Bertz CT molecular complexity index is 572. The summed E-state index contributed by atoms with van der Waals surface area (Å²) in [6, 6.07) is 3.32. The Morgan fingerprint density at radius 1 is 1.30 bits per heavy atom. The SMILES string of the molecule is CN(CCC(F)(F)F)S(=O)(=O)c1cccc(F)c1CN. The zero-order valence-corrected chi connectivity index (χ0v) is 11.4. The lowest BCUT2D eigenvalue weighted by Crippen LogP contribution is -2.31. The summed E-state index contributed by atoms with van der Waals surface area (Å²) in [7, 11) is -3.21. The lowest BCUT2D eigenvalue weighted by atomic mass is 10.2.